The average molecular weight is 266 g/mol. The van der Waals surface area contributed by atoms with E-state index < -0.39 is 30.3 Å². The van der Waals surface area contributed by atoms with Gasteiger partial charge in [-0.05, 0) is 17.7 Å². The van der Waals surface area contributed by atoms with E-state index in [1.165, 1.54) is 0 Å². The summed E-state index contributed by atoms with van der Waals surface area (Å²) in [6, 6.07) is 5.15. The molecule has 1 aromatic rings. The second-order valence-electron chi connectivity index (χ2n) is 3.98. The molecule has 0 fully saturated rings. The van der Waals surface area contributed by atoms with Crippen molar-refractivity contribution in [1.29, 1.82) is 0 Å². The van der Waals surface area contributed by atoms with E-state index in [0.717, 1.165) is 0 Å². The number of amides is 1. The topological polar surface area (TPSA) is 130 Å². The minimum Gasteiger partial charge on any atom is -0.481 e. The van der Waals surface area contributed by atoms with Gasteiger partial charge in [0.2, 0.25) is 5.91 Å². The van der Waals surface area contributed by atoms with Crippen molar-refractivity contribution in [3.05, 3.63) is 29.8 Å². The van der Waals surface area contributed by atoms with E-state index in [0.29, 0.717) is 11.3 Å². The Morgan fingerprint density at radius 2 is 1.95 bits per heavy atom. The first-order valence-corrected chi connectivity index (χ1v) is 5.47. The van der Waals surface area contributed by atoms with Crippen LogP contribution in [0.25, 0.3) is 0 Å². The monoisotopic (exact) mass is 266 g/mol. The number of carbonyl (C=O) groups is 3. The zero-order valence-electron chi connectivity index (χ0n) is 10.00. The van der Waals surface area contributed by atoms with E-state index in [-0.39, 0.29) is 6.42 Å². The molecule has 1 unspecified atom stereocenters. The number of carboxylic acids is 2. The van der Waals surface area contributed by atoms with Gasteiger partial charge in [-0.15, -0.1) is 0 Å². The Labute approximate surface area is 109 Å². The van der Waals surface area contributed by atoms with Crippen molar-refractivity contribution < 1.29 is 24.6 Å². The van der Waals surface area contributed by atoms with E-state index in [1.807, 2.05) is 0 Å². The standard InChI is InChI=1S/C12H14N2O5/c13-8-3-1-2-7(4-8)5-10(15)14-9(12(18)19)6-11(16)17/h1-4,9H,5-6,13H2,(H,14,15)(H,16,17)(H,18,19). The molecule has 0 saturated heterocycles. The normalized spacial score (nSPS) is 11.6. The van der Waals surface area contributed by atoms with Gasteiger partial charge in [-0.1, -0.05) is 12.1 Å². The summed E-state index contributed by atoms with van der Waals surface area (Å²) in [6.07, 6.45) is -0.730. The Bertz CT molecular complexity index is 501. The van der Waals surface area contributed by atoms with Crippen LogP contribution in [-0.2, 0) is 20.8 Å². The zero-order chi connectivity index (χ0) is 14.4. The van der Waals surface area contributed by atoms with Crippen molar-refractivity contribution >= 4 is 23.5 Å². The SMILES string of the molecule is Nc1cccc(CC(=O)NC(CC(=O)O)C(=O)O)c1. The Hall–Kier alpha value is -2.57. The van der Waals surface area contributed by atoms with Gasteiger partial charge in [-0.25, -0.2) is 4.79 Å². The molecule has 5 N–H and O–H groups in total. The zero-order valence-corrected chi connectivity index (χ0v) is 10.00. The van der Waals surface area contributed by atoms with E-state index in [4.69, 9.17) is 15.9 Å². The molecule has 19 heavy (non-hydrogen) atoms. The van der Waals surface area contributed by atoms with Gasteiger partial charge >= 0.3 is 11.9 Å². The third kappa shape index (κ3) is 5.07. The summed E-state index contributed by atoms with van der Waals surface area (Å²) in [5.74, 6) is -3.25. The molecule has 1 rings (SSSR count). The summed E-state index contributed by atoms with van der Waals surface area (Å²) in [5.41, 5.74) is 6.66. The number of carboxylic acid groups (broad SMARTS) is 2. The number of hydrogen-bond acceptors (Lipinski definition) is 4. The first-order chi connectivity index (χ1) is 8.88. The minimum atomic E-state index is -1.44. The Morgan fingerprint density at radius 3 is 2.47 bits per heavy atom. The second kappa shape index (κ2) is 6.39. The maximum atomic E-state index is 11.6. The summed E-state index contributed by atoms with van der Waals surface area (Å²) < 4.78 is 0. The van der Waals surface area contributed by atoms with Crippen LogP contribution in [0.2, 0.25) is 0 Å². The predicted molar refractivity (Wildman–Crippen MR) is 66.4 cm³/mol. The van der Waals surface area contributed by atoms with Crippen molar-refractivity contribution in [2.75, 3.05) is 5.73 Å². The minimum absolute atomic E-state index is 0.0611. The van der Waals surface area contributed by atoms with Gasteiger partial charge in [0.05, 0.1) is 12.8 Å². The van der Waals surface area contributed by atoms with Crippen molar-refractivity contribution in [1.82, 2.24) is 5.32 Å². The highest BCUT2D eigenvalue weighted by molar-refractivity contribution is 5.87. The number of nitrogens with one attached hydrogen (secondary N) is 1. The quantitative estimate of drug-likeness (QED) is 0.530. The van der Waals surface area contributed by atoms with Crippen LogP contribution >= 0.6 is 0 Å². The predicted octanol–water partition coefficient (Wildman–Crippen LogP) is -0.145. The van der Waals surface area contributed by atoms with Crippen LogP contribution in [0.4, 0.5) is 5.69 Å². The molecule has 0 aliphatic carbocycles. The third-order valence-corrected chi connectivity index (χ3v) is 2.33. The average Bonchev–Trinajstić information content (AvgIpc) is 2.27. The van der Waals surface area contributed by atoms with Crippen molar-refractivity contribution in [3.8, 4) is 0 Å². The number of aliphatic carboxylic acids is 2. The van der Waals surface area contributed by atoms with Gasteiger partial charge in [0.25, 0.3) is 0 Å². The largest absolute Gasteiger partial charge is 0.481 e. The van der Waals surface area contributed by atoms with Crippen LogP contribution in [0.3, 0.4) is 0 Å². The molecule has 0 heterocycles. The van der Waals surface area contributed by atoms with Crippen molar-refractivity contribution in [2.24, 2.45) is 0 Å². The molecule has 102 valence electrons. The van der Waals surface area contributed by atoms with Gasteiger partial charge in [-0.2, -0.15) is 0 Å². The lowest BCUT2D eigenvalue weighted by molar-refractivity contribution is -0.147. The third-order valence-electron chi connectivity index (χ3n) is 2.33. The molecule has 0 aliphatic heterocycles. The van der Waals surface area contributed by atoms with Gasteiger partial charge in [0, 0.05) is 5.69 Å². The number of hydrogen-bond donors (Lipinski definition) is 4. The molecule has 0 saturated carbocycles. The summed E-state index contributed by atoms with van der Waals surface area (Å²) >= 11 is 0. The van der Waals surface area contributed by atoms with Crippen LogP contribution in [0, 0.1) is 0 Å². The summed E-state index contributed by atoms with van der Waals surface area (Å²) in [4.78, 5) is 32.9. The maximum absolute atomic E-state index is 11.6. The Morgan fingerprint density at radius 1 is 1.26 bits per heavy atom. The van der Waals surface area contributed by atoms with Crippen LogP contribution in [0.15, 0.2) is 24.3 Å². The van der Waals surface area contributed by atoms with Crippen LogP contribution < -0.4 is 11.1 Å². The smallest absolute Gasteiger partial charge is 0.326 e. The Kier molecular flexibility index (Phi) is 4.87. The first kappa shape index (κ1) is 14.5. The molecule has 0 aliphatic rings. The van der Waals surface area contributed by atoms with Crippen LogP contribution in [0.1, 0.15) is 12.0 Å². The fourth-order valence-electron chi connectivity index (χ4n) is 1.51. The molecule has 0 aromatic heterocycles. The summed E-state index contributed by atoms with van der Waals surface area (Å²) in [5, 5.41) is 19.5. The second-order valence-corrected chi connectivity index (χ2v) is 3.98. The molecule has 1 atom stereocenters. The lowest BCUT2D eigenvalue weighted by Crippen LogP contribution is -2.42. The summed E-state index contributed by atoms with van der Waals surface area (Å²) in [6.45, 7) is 0. The van der Waals surface area contributed by atoms with Gasteiger partial charge < -0.3 is 21.3 Å². The molecule has 0 radical (unpaired) electrons. The lowest BCUT2D eigenvalue weighted by Gasteiger charge is -2.12. The number of carbonyl (C=O) groups excluding carboxylic acids is 1. The van der Waals surface area contributed by atoms with Gasteiger partial charge in [-0.3, -0.25) is 9.59 Å². The highest BCUT2D eigenvalue weighted by atomic mass is 16.4. The highest BCUT2D eigenvalue weighted by Gasteiger charge is 2.22. The molecule has 0 spiro atoms. The number of anilines is 1. The Balaban J connectivity index is 2.62. The van der Waals surface area contributed by atoms with Crippen molar-refractivity contribution in [2.45, 2.75) is 18.9 Å². The molecule has 1 aromatic carbocycles. The molecule has 7 nitrogen and oxygen atoms in total. The molecule has 1 amide bonds. The van der Waals surface area contributed by atoms with E-state index in [2.05, 4.69) is 5.32 Å². The first-order valence-electron chi connectivity index (χ1n) is 5.47. The van der Waals surface area contributed by atoms with Crippen molar-refractivity contribution in [3.63, 3.8) is 0 Å². The van der Waals surface area contributed by atoms with Gasteiger partial charge in [0.15, 0.2) is 0 Å². The number of nitrogen functional groups attached to an aromatic ring is 1. The highest BCUT2D eigenvalue weighted by Crippen LogP contribution is 2.07. The fourth-order valence-corrected chi connectivity index (χ4v) is 1.51. The van der Waals surface area contributed by atoms with Crippen LogP contribution in [-0.4, -0.2) is 34.1 Å². The molecule has 0 bridgehead atoms. The van der Waals surface area contributed by atoms with E-state index in [9.17, 15) is 14.4 Å². The van der Waals surface area contributed by atoms with E-state index >= 15 is 0 Å². The molecular weight excluding hydrogens is 252 g/mol. The fraction of sp³-hybridized carbons (Fsp3) is 0.250. The number of rotatable bonds is 6. The lowest BCUT2D eigenvalue weighted by atomic mass is 10.1. The number of benzene rings is 1. The molecule has 7 heteroatoms. The maximum Gasteiger partial charge on any atom is 0.326 e. The summed E-state index contributed by atoms with van der Waals surface area (Å²) in [7, 11) is 0. The number of nitrogens with two attached hydrogens (primary N) is 1. The molecular formula is C12H14N2O5. The van der Waals surface area contributed by atoms with Crippen LogP contribution in [0.5, 0.6) is 0 Å². The van der Waals surface area contributed by atoms with Gasteiger partial charge in [0.1, 0.15) is 6.04 Å². The van der Waals surface area contributed by atoms with E-state index in [1.54, 1.807) is 24.3 Å².